The van der Waals surface area contributed by atoms with Crippen LogP contribution in [0.2, 0.25) is 0 Å². The van der Waals surface area contributed by atoms with Gasteiger partial charge in [0.25, 0.3) is 0 Å². The first-order valence-corrected chi connectivity index (χ1v) is 6.82. The van der Waals surface area contributed by atoms with E-state index in [1.54, 1.807) is 4.90 Å². The Kier molecular flexibility index (Phi) is 5.06. The Labute approximate surface area is 121 Å². The average molecular weight is 301 g/mol. The molecule has 0 aliphatic carbocycles. The Morgan fingerprint density at radius 3 is 2.48 bits per heavy atom. The molecule has 1 amide bonds. The van der Waals surface area contributed by atoms with Gasteiger partial charge in [0.15, 0.2) is 17.5 Å². The van der Waals surface area contributed by atoms with Gasteiger partial charge in [-0.25, -0.2) is 13.2 Å². The van der Waals surface area contributed by atoms with Crippen LogP contribution in [0.1, 0.15) is 6.42 Å². The Hall–Kier alpha value is -1.76. The average Bonchev–Trinajstić information content (AvgIpc) is 2.48. The molecule has 1 heterocycles. The third-order valence-corrected chi connectivity index (χ3v) is 3.55. The lowest BCUT2D eigenvalue weighted by atomic mass is 10.2. The zero-order valence-electron chi connectivity index (χ0n) is 11.8. The van der Waals surface area contributed by atoms with Crippen LogP contribution < -0.4 is 5.32 Å². The van der Waals surface area contributed by atoms with Crippen molar-refractivity contribution in [2.45, 2.75) is 6.42 Å². The molecular formula is C14H18F3N3O. The summed E-state index contributed by atoms with van der Waals surface area (Å²) in [4.78, 5) is 15.8. The molecule has 0 radical (unpaired) electrons. The lowest BCUT2D eigenvalue weighted by Crippen LogP contribution is -2.47. The van der Waals surface area contributed by atoms with Gasteiger partial charge < -0.3 is 15.1 Å². The highest BCUT2D eigenvalue weighted by atomic mass is 19.2. The second-order valence-electron chi connectivity index (χ2n) is 5.08. The summed E-state index contributed by atoms with van der Waals surface area (Å²) >= 11 is 0. The Morgan fingerprint density at radius 1 is 1.14 bits per heavy atom. The van der Waals surface area contributed by atoms with Crippen molar-refractivity contribution >= 4 is 11.6 Å². The number of likely N-dealkylation sites (N-methyl/N-ethyl adjacent to an activating group) is 1. The van der Waals surface area contributed by atoms with Crippen LogP contribution >= 0.6 is 0 Å². The molecule has 0 unspecified atom stereocenters. The number of amides is 1. The number of hydrogen-bond acceptors (Lipinski definition) is 3. The summed E-state index contributed by atoms with van der Waals surface area (Å²) in [5, 5.41) is 2.62. The van der Waals surface area contributed by atoms with Crippen molar-refractivity contribution in [2.75, 3.05) is 45.1 Å². The van der Waals surface area contributed by atoms with E-state index in [0.717, 1.165) is 25.2 Å². The van der Waals surface area contributed by atoms with E-state index in [4.69, 9.17) is 0 Å². The number of halogens is 3. The lowest BCUT2D eigenvalue weighted by molar-refractivity contribution is -0.132. The Balaban J connectivity index is 1.82. The van der Waals surface area contributed by atoms with E-state index in [-0.39, 0.29) is 24.6 Å². The van der Waals surface area contributed by atoms with Crippen molar-refractivity contribution in [1.29, 1.82) is 0 Å². The summed E-state index contributed by atoms with van der Waals surface area (Å²) < 4.78 is 39.2. The molecule has 4 nitrogen and oxygen atoms in total. The number of nitrogens with one attached hydrogen (secondary N) is 1. The summed E-state index contributed by atoms with van der Waals surface area (Å²) in [5.74, 6) is -4.03. The predicted molar refractivity (Wildman–Crippen MR) is 73.5 cm³/mol. The highest BCUT2D eigenvalue weighted by molar-refractivity contribution is 5.76. The topological polar surface area (TPSA) is 35.6 Å². The Morgan fingerprint density at radius 2 is 1.81 bits per heavy atom. The van der Waals surface area contributed by atoms with Gasteiger partial charge in [-0.1, -0.05) is 0 Å². The molecular weight excluding hydrogens is 283 g/mol. The van der Waals surface area contributed by atoms with E-state index in [1.165, 1.54) is 0 Å². The number of nitrogens with zero attached hydrogens (tertiary/aromatic N) is 2. The summed E-state index contributed by atoms with van der Waals surface area (Å²) in [7, 11) is 2.00. The number of hydrogen-bond donors (Lipinski definition) is 1. The van der Waals surface area contributed by atoms with E-state index in [2.05, 4.69) is 10.2 Å². The van der Waals surface area contributed by atoms with Crippen LogP contribution in [0, 0.1) is 17.5 Å². The summed E-state index contributed by atoms with van der Waals surface area (Å²) in [5.41, 5.74) is -0.139. The summed E-state index contributed by atoms with van der Waals surface area (Å²) in [6, 6.07) is 1.97. The van der Waals surface area contributed by atoms with Crippen LogP contribution in [-0.2, 0) is 4.79 Å². The van der Waals surface area contributed by atoms with E-state index in [9.17, 15) is 18.0 Å². The molecule has 0 spiro atoms. The molecule has 0 aromatic heterocycles. The molecule has 0 bridgehead atoms. The van der Waals surface area contributed by atoms with Crippen LogP contribution in [0.25, 0.3) is 0 Å². The fraction of sp³-hybridized carbons (Fsp3) is 0.500. The van der Waals surface area contributed by atoms with Gasteiger partial charge >= 0.3 is 0 Å². The number of carbonyl (C=O) groups is 1. The van der Waals surface area contributed by atoms with E-state index < -0.39 is 17.5 Å². The highest BCUT2D eigenvalue weighted by Crippen LogP contribution is 2.19. The van der Waals surface area contributed by atoms with Gasteiger partial charge in [0.1, 0.15) is 0 Å². The van der Waals surface area contributed by atoms with Crippen LogP contribution in [0.4, 0.5) is 18.9 Å². The quantitative estimate of drug-likeness (QED) is 0.860. The monoisotopic (exact) mass is 301 g/mol. The molecule has 1 aliphatic heterocycles. The number of piperazine rings is 1. The molecule has 1 fully saturated rings. The predicted octanol–water partition coefficient (Wildman–Crippen LogP) is 1.68. The standard InChI is InChI=1S/C14H18F3N3O/c1-19-6-8-20(9-7-19)12(21)4-5-18-11-3-2-10(15)13(16)14(11)17/h2-3,18H,4-9H2,1H3. The van der Waals surface area contributed by atoms with Crippen molar-refractivity contribution in [3.05, 3.63) is 29.6 Å². The smallest absolute Gasteiger partial charge is 0.224 e. The number of carbonyl (C=O) groups excluding carboxylic acids is 1. The summed E-state index contributed by atoms with van der Waals surface area (Å²) in [6.07, 6.45) is 0.183. The van der Waals surface area contributed by atoms with Gasteiger partial charge in [-0.2, -0.15) is 0 Å². The van der Waals surface area contributed by atoms with Crippen LogP contribution in [0.15, 0.2) is 12.1 Å². The van der Waals surface area contributed by atoms with Crippen LogP contribution in [0.3, 0.4) is 0 Å². The SMILES string of the molecule is CN1CCN(C(=O)CCNc2ccc(F)c(F)c2F)CC1. The molecule has 1 aromatic rings. The third kappa shape index (κ3) is 3.87. The second-order valence-corrected chi connectivity index (χ2v) is 5.08. The third-order valence-electron chi connectivity index (χ3n) is 3.55. The summed E-state index contributed by atoms with van der Waals surface area (Å²) in [6.45, 7) is 3.19. The maximum Gasteiger partial charge on any atom is 0.224 e. The van der Waals surface area contributed by atoms with E-state index >= 15 is 0 Å². The molecule has 1 N–H and O–H groups in total. The van der Waals surface area contributed by atoms with Crippen molar-refractivity contribution in [3.8, 4) is 0 Å². The number of rotatable bonds is 4. The van der Waals surface area contributed by atoms with Gasteiger partial charge in [-0.3, -0.25) is 4.79 Å². The minimum Gasteiger partial charge on any atom is -0.382 e. The first-order chi connectivity index (χ1) is 9.99. The van der Waals surface area contributed by atoms with Crippen molar-refractivity contribution in [1.82, 2.24) is 9.80 Å². The molecule has 7 heteroatoms. The largest absolute Gasteiger partial charge is 0.382 e. The van der Waals surface area contributed by atoms with Gasteiger partial charge in [0, 0.05) is 39.1 Å². The van der Waals surface area contributed by atoms with Crippen LogP contribution in [-0.4, -0.2) is 55.5 Å². The fourth-order valence-electron chi connectivity index (χ4n) is 2.18. The highest BCUT2D eigenvalue weighted by Gasteiger charge is 2.19. The van der Waals surface area contributed by atoms with Gasteiger partial charge in [0.2, 0.25) is 5.91 Å². The first kappa shape index (κ1) is 15.6. The van der Waals surface area contributed by atoms with Gasteiger partial charge in [-0.05, 0) is 19.2 Å². The van der Waals surface area contributed by atoms with E-state index in [0.29, 0.717) is 13.1 Å². The zero-order chi connectivity index (χ0) is 15.4. The molecule has 2 rings (SSSR count). The molecule has 1 saturated heterocycles. The minimum atomic E-state index is -1.51. The molecule has 1 aliphatic rings. The maximum atomic E-state index is 13.4. The number of anilines is 1. The van der Waals surface area contributed by atoms with Gasteiger partial charge in [0.05, 0.1) is 5.69 Å². The minimum absolute atomic E-state index is 0.0291. The van der Waals surface area contributed by atoms with Crippen molar-refractivity contribution < 1.29 is 18.0 Å². The lowest BCUT2D eigenvalue weighted by Gasteiger charge is -2.32. The molecule has 0 saturated carbocycles. The normalized spacial score (nSPS) is 16.1. The van der Waals surface area contributed by atoms with Crippen LogP contribution in [0.5, 0.6) is 0 Å². The van der Waals surface area contributed by atoms with Gasteiger partial charge in [-0.15, -0.1) is 0 Å². The Bertz CT molecular complexity index is 516. The maximum absolute atomic E-state index is 13.4. The molecule has 116 valence electrons. The first-order valence-electron chi connectivity index (χ1n) is 6.82. The molecule has 1 aromatic carbocycles. The van der Waals surface area contributed by atoms with Crippen molar-refractivity contribution in [2.24, 2.45) is 0 Å². The molecule has 21 heavy (non-hydrogen) atoms. The molecule has 0 atom stereocenters. The second kappa shape index (κ2) is 6.80. The van der Waals surface area contributed by atoms with Crippen molar-refractivity contribution in [3.63, 3.8) is 0 Å². The fourth-order valence-corrected chi connectivity index (χ4v) is 2.18. The number of benzene rings is 1. The van der Waals surface area contributed by atoms with E-state index in [1.807, 2.05) is 7.05 Å². The zero-order valence-corrected chi connectivity index (χ0v) is 11.8.